The second kappa shape index (κ2) is 5.98. The summed E-state index contributed by atoms with van der Waals surface area (Å²) in [7, 11) is 1.68. The average molecular weight is 200 g/mol. The predicted octanol–water partition coefficient (Wildman–Crippen LogP) is 0.280. The van der Waals surface area contributed by atoms with E-state index >= 15 is 0 Å². The average Bonchev–Trinajstić information content (AvgIpc) is 2.66. The Balaban J connectivity index is 2.18. The summed E-state index contributed by atoms with van der Waals surface area (Å²) in [4.78, 5) is 11.6. The highest BCUT2D eigenvalue weighted by Gasteiger charge is 2.28. The lowest BCUT2D eigenvalue weighted by Gasteiger charge is -2.10. The van der Waals surface area contributed by atoms with Crippen LogP contribution in [0, 0.1) is 0 Å². The van der Waals surface area contributed by atoms with Gasteiger partial charge in [0.2, 0.25) is 5.91 Å². The summed E-state index contributed by atoms with van der Waals surface area (Å²) in [6.45, 7) is 3.68. The second-order valence-electron chi connectivity index (χ2n) is 3.70. The van der Waals surface area contributed by atoms with Gasteiger partial charge < -0.3 is 15.4 Å². The minimum atomic E-state index is -0.0585. The molecule has 0 saturated carbocycles. The van der Waals surface area contributed by atoms with Crippen LogP contribution in [0.25, 0.3) is 0 Å². The van der Waals surface area contributed by atoms with Crippen molar-refractivity contribution in [1.29, 1.82) is 0 Å². The lowest BCUT2D eigenvalue weighted by Crippen LogP contribution is -2.40. The number of carbonyl (C=O) groups is 1. The minimum Gasteiger partial charge on any atom is -0.380 e. The van der Waals surface area contributed by atoms with Crippen molar-refractivity contribution in [3.63, 3.8) is 0 Å². The molecule has 0 spiro atoms. The summed E-state index contributed by atoms with van der Waals surface area (Å²) in [5.41, 5.74) is 0. The fourth-order valence-electron chi connectivity index (χ4n) is 1.59. The van der Waals surface area contributed by atoms with E-state index in [1.165, 1.54) is 0 Å². The maximum atomic E-state index is 11.6. The topological polar surface area (TPSA) is 50.4 Å². The molecule has 4 heteroatoms. The maximum absolute atomic E-state index is 11.6. The molecule has 0 aromatic heterocycles. The fourth-order valence-corrected chi connectivity index (χ4v) is 1.59. The van der Waals surface area contributed by atoms with Crippen LogP contribution < -0.4 is 10.6 Å². The SMILES string of the molecule is CCCCNC(=O)C1CC(OC)CN1. The van der Waals surface area contributed by atoms with Crippen molar-refractivity contribution in [1.82, 2.24) is 10.6 Å². The van der Waals surface area contributed by atoms with E-state index in [4.69, 9.17) is 4.74 Å². The number of carbonyl (C=O) groups excluding carboxylic acids is 1. The molecule has 0 bridgehead atoms. The van der Waals surface area contributed by atoms with E-state index in [0.29, 0.717) is 0 Å². The van der Waals surface area contributed by atoms with Gasteiger partial charge in [-0.3, -0.25) is 4.79 Å². The molecule has 4 nitrogen and oxygen atoms in total. The molecule has 1 aliphatic rings. The first-order valence-corrected chi connectivity index (χ1v) is 5.31. The molecule has 0 radical (unpaired) electrons. The molecule has 2 N–H and O–H groups in total. The van der Waals surface area contributed by atoms with Crippen molar-refractivity contribution in [3.05, 3.63) is 0 Å². The Morgan fingerprint density at radius 1 is 1.64 bits per heavy atom. The Bertz CT molecular complexity index is 185. The van der Waals surface area contributed by atoms with Crippen molar-refractivity contribution >= 4 is 5.91 Å². The third kappa shape index (κ3) is 3.27. The first-order valence-electron chi connectivity index (χ1n) is 5.31. The number of amides is 1. The Kier molecular flexibility index (Phi) is 4.90. The van der Waals surface area contributed by atoms with Crippen LogP contribution in [0.4, 0.5) is 0 Å². The highest BCUT2D eigenvalue weighted by atomic mass is 16.5. The molecule has 1 fully saturated rings. The third-order valence-corrected chi connectivity index (χ3v) is 2.57. The second-order valence-corrected chi connectivity index (χ2v) is 3.70. The number of hydrogen-bond acceptors (Lipinski definition) is 3. The molecule has 1 rings (SSSR count). The van der Waals surface area contributed by atoms with Gasteiger partial charge in [-0.25, -0.2) is 0 Å². The van der Waals surface area contributed by atoms with Gasteiger partial charge in [-0.05, 0) is 12.8 Å². The number of ether oxygens (including phenoxy) is 1. The molecule has 1 saturated heterocycles. The van der Waals surface area contributed by atoms with Crippen molar-refractivity contribution in [2.24, 2.45) is 0 Å². The molecule has 14 heavy (non-hydrogen) atoms. The van der Waals surface area contributed by atoms with E-state index < -0.39 is 0 Å². The minimum absolute atomic E-state index is 0.0585. The van der Waals surface area contributed by atoms with E-state index in [1.807, 2.05) is 0 Å². The van der Waals surface area contributed by atoms with Gasteiger partial charge in [-0.15, -0.1) is 0 Å². The monoisotopic (exact) mass is 200 g/mol. The van der Waals surface area contributed by atoms with Crippen LogP contribution in [0.2, 0.25) is 0 Å². The van der Waals surface area contributed by atoms with Crippen LogP contribution in [0.1, 0.15) is 26.2 Å². The lowest BCUT2D eigenvalue weighted by atomic mass is 10.2. The predicted molar refractivity (Wildman–Crippen MR) is 55.1 cm³/mol. The first-order chi connectivity index (χ1) is 6.77. The van der Waals surface area contributed by atoms with Crippen LogP contribution in [0.3, 0.4) is 0 Å². The molecular formula is C10H20N2O2. The first kappa shape index (κ1) is 11.5. The third-order valence-electron chi connectivity index (χ3n) is 2.57. The van der Waals surface area contributed by atoms with E-state index in [9.17, 15) is 4.79 Å². The summed E-state index contributed by atoms with van der Waals surface area (Å²) >= 11 is 0. The molecule has 0 aromatic carbocycles. The summed E-state index contributed by atoms with van der Waals surface area (Å²) in [5.74, 6) is 0.109. The summed E-state index contributed by atoms with van der Waals surface area (Å²) in [6.07, 6.45) is 3.14. The van der Waals surface area contributed by atoms with E-state index in [1.54, 1.807) is 7.11 Å². The molecule has 1 aliphatic heterocycles. The number of hydrogen-bond donors (Lipinski definition) is 2. The van der Waals surface area contributed by atoms with Gasteiger partial charge in [0, 0.05) is 20.2 Å². The molecule has 1 heterocycles. The summed E-state index contributed by atoms with van der Waals surface area (Å²) in [6, 6.07) is -0.0585. The molecule has 0 aromatic rings. The largest absolute Gasteiger partial charge is 0.380 e. The molecule has 2 atom stereocenters. The Hall–Kier alpha value is -0.610. The zero-order valence-corrected chi connectivity index (χ0v) is 9.01. The van der Waals surface area contributed by atoms with Crippen LogP contribution in [-0.2, 0) is 9.53 Å². The Labute approximate surface area is 85.4 Å². The smallest absolute Gasteiger partial charge is 0.237 e. The van der Waals surface area contributed by atoms with Gasteiger partial charge in [0.25, 0.3) is 0 Å². The zero-order valence-electron chi connectivity index (χ0n) is 9.01. The van der Waals surface area contributed by atoms with E-state index in [2.05, 4.69) is 17.6 Å². The highest BCUT2D eigenvalue weighted by Crippen LogP contribution is 2.09. The Morgan fingerprint density at radius 2 is 2.43 bits per heavy atom. The van der Waals surface area contributed by atoms with E-state index in [0.717, 1.165) is 32.4 Å². The van der Waals surface area contributed by atoms with Crippen LogP contribution in [0.5, 0.6) is 0 Å². The van der Waals surface area contributed by atoms with E-state index in [-0.39, 0.29) is 18.1 Å². The van der Waals surface area contributed by atoms with Gasteiger partial charge in [0.15, 0.2) is 0 Å². The van der Waals surface area contributed by atoms with Gasteiger partial charge in [0.05, 0.1) is 12.1 Å². The van der Waals surface area contributed by atoms with Gasteiger partial charge in [0.1, 0.15) is 0 Å². The fraction of sp³-hybridized carbons (Fsp3) is 0.900. The number of nitrogens with one attached hydrogen (secondary N) is 2. The molecule has 1 amide bonds. The quantitative estimate of drug-likeness (QED) is 0.627. The van der Waals surface area contributed by atoms with Crippen molar-refractivity contribution in [2.75, 3.05) is 20.2 Å². The van der Waals surface area contributed by atoms with Crippen LogP contribution >= 0.6 is 0 Å². The molecule has 0 aliphatic carbocycles. The van der Waals surface area contributed by atoms with Crippen LogP contribution in [0.15, 0.2) is 0 Å². The van der Waals surface area contributed by atoms with Gasteiger partial charge in [-0.1, -0.05) is 13.3 Å². The van der Waals surface area contributed by atoms with Crippen molar-refractivity contribution in [2.45, 2.75) is 38.3 Å². The molecule has 82 valence electrons. The molecule has 2 unspecified atom stereocenters. The summed E-state index contributed by atoms with van der Waals surface area (Å²) < 4.78 is 5.17. The lowest BCUT2D eigenvalue weighted by molar-refractivity contribution is -0.122. The maximum Gasteiger partial charge on any atom is 0.237 e. The number of methoxy groups -OCH3 is 1. The van der Waals surface area contributed by atoms with Crippen LogP contribution in [-0.4, -0.2) is 38.3 Å². The summed E-state index contributed by atoms with van der Waals surface area (Å²) in [5, 5.41) is 6.06. The highest BCUT2D eigenvalue weighted by molar-refractivity contribution is 5.82. The normalized spacial score (nSPS) is 26.4. The van der Waals surface area contributed by atoms with Crippen molar-refractivity contribution < 1.29 is 9.53 Å². The van der Waals surface area contributed by atoms with Gasteiger partial charge in [-0.2, -0.15) is 0 Å². The van der Waals surface area contributed by atoms with Crippen molar-refractivity contribution in [3.8, 4) is 0 Å². The standard InChI is InChI=1S/C10H20N2O2/c1-3-4-5-11-10(13)9-6-8(14-2)7-12-9/h8-9,12H,3-7H2,1-2H3,(H,11,13). The van der Waals surface area contributed by atoms with Gasteiger partial charge >= 0.3 is 0 Å². The Morgan fingerprint density at radius 3 is 3.00 bits per heavy atom. The molecular weight excluding hydrogens is 180 g/mol. The zero-order chi connectivity index (χ0) is 10.4. The number of rotatable bonds is 5. The number of unbranched alkanes of at least 4 members (excludes halogenated alkanes) is 1.